The van der Waals surface area contributed by atoms with Gasteiger partial charge in [0.1, 0.15) is 11.5 Å². The van der Waals surface area contributed by atoms with Crippen molar-refractivity contribution < 1.29 is 23.8 Å². The maximum Gasteiger partial charge on any atom is 0.343 e. The predicted octanol–water partition coefficient (Wildman–Crippen LogP) is 6.97. The Morgan fingerprint density at radius 1 is 0.784 bits per heavy atom. The summed E-state index contributed by atoms with van der Waals surface area (Å²) in [4.78, 5) is 24.3. The molecule has 0 aliphatic rings. The molecule has 0 aromatic heterocycles. The van der Waals surface area contributed by atoms with Crippen LogP contribution in [-0.2, 0) is 9.53 Å². The van der Waals surface area contributed by atoms with Crippen LogP contribution >= 0.6 is 0 Å². The normalized spacial score (nSPS) is 10.9. The fourth-order valence-corrected chi connectivity index (χ4v) is 3.44. The zero-order chi connectivity index (χ0) is 26.7. The lowest BCUT2D eigenvalue weighted by Crippen LogP contribution is -2.12. The van der Waals surface area contributed by atoms with Crippen molar-refractivity contribution in [2.24, 2.45) is 5.41 Å². The second kappa shape index (κ2) is 13.3. The van der Waals surface area contributed by atoms with Crippen LogP contribution in [0.15, 0.2) is 72.8 Å². The number of nitrogens with zero attached hydrogens (tertiary/aromatic N) is 1. The Morgan fingerprint density at radius 2 is 1.35 bits per heavy atom. The Balaban J connectivity index is 1.37. The van der Waals surface area contributed by atoms with Crippen LogP contribution in [0.3, 0.4) is 0 Å². The maximum absolute atomic E-state index is 12.5. The Bertz CT molecular complexity index is 1200. The second-order valence-corrected chi connectivity index (χ2v) is 9.96. The van der Waals surface area contributed by atoms with E-state index in [9.17, 15) is 9.59 Å². The van der Waals surface area contributed by atoms with Gasteiger partial charge in [0.15, 0.2) is 0 Å². The van der Waals surface area contributed by atoms with E-state index in [0.29, 0.717) is 42.3 Å². The molecule has 3 aromatic carbocycles. The molecule has 3 aromatic rings. The molecule has 6 heteroatoms. The number of benzene rings is 3. The molecule has 37 heavy (non-hydrogen) atoms. The first-order valence-electron chi connectivity index (χ1n) is 12.4. The summed E-state index contributed by atoms with van der Waals surface area (Å²) in [6.45, 7) is 7.22. The number of hydrogen-bond acceptors (Lipinski definition) is 6. The fraction of sp³-hybridized carbons (Fsp3) is 0.323. The number of hydrogen-bond donors (Lipinski definition) is 0. The van der Waals surface area contributed by atoms with Gasteiger partial charge in [-0.1, -0.05) is 45.0 Å². The number of rotatable bonds is 11. The Labute approximate surface area is 218 Å². The van der Waals surface area contributed by atoms with Crippen LogP contribution in [0, 0.1) is 16.7 Å². The van der Waals surface area contributed by atoms with Crippen LogP contribution in [-0.4, -0.2) is 25.2 Å². The van der Waals surface area contributed by atoms with Crippen molar-refractivity contribution in [1.82, 2.24) is 0 Å². The lowest BCUT2D eigenvalue weighted by Gasteiger charge is -2.16. The summed E-state index contributed by atoms with van der Waals surface area (Å²) in [6.07, 6.45) is 2.76. The number of ether oxygens (including phenoxy) is 3. The molecule has 0 bridgehead atoms. The molecule has 0 saturated carbocycles. The molecule has 0 amide bonds. The van der Waals surface area contributed by atoms with E-state index in [1.807, 2.05) is 24.3 Å². The van der Waals surface area contributed by atoms with E-state index in [0.717, 1.165) is 30.4 Å². The first-order valence-corrected chi connectivity index (χ1v) is 12.4. The van der Waals surface area contributed by atoms with Crippen molar-refractivity contribution in [2.45, 2.75) is 46.5 Å². The smallest absolute Gasteiger partial charge is 0.343 e. The highest BCUT2D eigenvalue weighted by Gasteiger charge is 2.13. The number of carbonyl (C=O) groups is 2. The van der Waals surface area contributed by atoms with E-state index in [1.54, 1.807) is 48.5 Å². The average Bonchev–Trinajstić information content (AvgIpc) is 2.90. The first kappa shape index (κ1) is 27.5. The minimum absolute atomic E-state index is 0.125. The van der Waals surface area contributed by atoms with Crippen molar-refractivity contribution in [3.05, 3.63) is 83.9 Å². The van der Waals surface area contributed by atoms with Crippen molar-refractivity contribution in [2.75, 3.05) is 13.2 Å². The standard InChI is InChI=1S/C31H33NO5/c1-31(2,3)19-18-29(33)36-21-5-4-20-35-27-14-16-28(17-15-27)37-30(34)26-12-10-25(11-13-26)24-8-6-23(22-32)7-9-24/h6-17H,4-5,18-21H2,1-3H3. The SMILES string of the molecule is CC(C)(C)CCC(=O)OCCCCOc1ccc(OC(=O)c2ccc(-c3ccc(C#N)cc3)cc2)cc1. The van der Waals surface area contributed by atoms with Gasteiger partial charge < -0.3 is 14.2 Å². The fourth-order valence-electron chi connectivity index (χ4n) is 3.44. The summed E-state index contributed by atoms with van der Waals surface area (Å²) in [5, 5.41) is 8.92. The molecular formula is C31H33NO5. The Hall–Kier alpha value is -4.11. The van der Waals surface area contributed by atoms with Crippen LogP contribution in [0.25, 0.3) is 11.1 Å². The van der Waals surface area contributed by atoms with Gasteiger partial charge >= 0.3 is 11.9 Å². The summed E-state index contributed by atoms with van der Waals surface area (Å²) >= 11 is 0. The third-order valence-corrected chi connectivity index (χ3v) is 5.65. The number of esters is 2. The zero-order valence-corrected chi connectivity index (χ0v) is 21.7. The van der Waals surface area contributed by atoms with Crippen molar-refractivity contribution >= 4 is 11.9 Å². The molecule has 3 rings (SSSR count). The lowest BCUT2D eigenvalue weighted by molar-refractivity contribution is -0.144. The topological polar surface area (TPSA) is 85.6 Å². The van der Waals surface area contributed by atoms with Crippen LogP contribution in [0.4, 0.5) is 0 Å². The minimum Gasteiger partial charge on any atom is -0.494 e. The molecule has 0 unspecified atom stereocenters. The van der Waals surface area contributed by atoms with Crippen LogP contribution in [0.1, 0.15) is 62.4 Å². The molecule has 192 valence electrons. The quantitative estimate of drug-likeness (QED) is 0.161. The lowest BCUT2D eigenvalue weighted by atomic mass is 9.91. The number of carbonyl (C=O) groups excluding carboxylic acids is 2. The summed E-state index contributed by atoms with van der Waals surface area (Å²) < 4.78 is 16.5. The van der Waals surface area contributed by atoms with Crippen LogP contribution < -0.4 is 9.47 Å². The van der Waals surface area contributed by atoms with E-state index in [4.69, 9.17) is 19.5 Å². The summed E-state index contributed by atoms with van der Waals surface area (Å²) in [5.74, 6) is 0.504. The van der Waals surface area contributed by atoms with E-state index in [-0.39, 0.29) is 11.4 Å². The van der Waals surface area contributed by atoms with E-state index >= 15 is 0 Å². The largest absolute Gasteiger partial charge is 0.494 e. The maximum atomic E-state index is 12.5. The van der Waals surface area contributed by atoms with Gasteiger partial charge in [-0.3, -0.25) is 4.79 Å². The molecule has 0 spiro atoms. The van der Waals surface area contributed by atoms with Crippen molar-refractivity contribution in [3.63, 3.8) is 0 Å². The molecule has 0 N–H and O–H groups in total. The molecule has 0 atom stereocenters. The zero-order valence-electron chi connectivity index (χ0n) is 21.7. The van der Waals surface area contributed by atoms with E-state index in [2.05, 4.69) is 26.8 Å². The van der Waals surface area contributed by atoms with Gasteiger partial charge in [0, 0.05) is 6.42 Å². The van der Waals surface area contributed by atoms with Gasteiger partial charge in [0.05, 0.1) is 30.4 Å². The van der Waals surface area contributed by atoms with Gasteiger partial charge in [0.25, 0.3) is 0 Å². The number of unbranched alkanes of at least 4 members (excludes halogenated alkanes) is 1. The third-order valence-electron chi connectivity index (χ3n) is 5.65. The second-order valence-electron chi connectivity index (χ2n) is 9.96. The van der Waals surface area contributed by atoms with Crippen molar-refractivity contribution in [1.29, 1.82) is 5.26 Å². The van der Waals surface area contributed by atoms with Gasteiger partial charge in [-0.15, -0.1) is 0 Å². The van der Waals surface area contributed by atoms with E-state index in [1.165, 1.54) is 0 Å². The molecule has 0 fully saturated rings. The summed E-state index contributed by atoms with van der Waals surface area (Å²) in [7, 11) is 0. The molecule has 0 radical (unpaired) electrons. The van der Waals surface area contributed by atoms with Crippen molar-refractivity contribution in [3.8, 4) is 28.7 Å². The predicted molar refractivity (Wildman–Crippen MR) is 142 cm³/mol. The molecule has 0 aliphatic heterocycles. The highest BCUT2D eigenvalue weighted by atomic mass is 16.5. The highest BCUT2D eigenvalue weighted by molar-refractivity contribution is 5.91. The van der Waals surface area contributed by atoms with Crippen LogP contribution in [0.2, 0.25) is 0 Å². The minimum atomic E-state index is -0.447. The summed E-state index contributed by atoms with van der Waals surface area (Å²) in [5.41, 5.74) is 3.08. The number of nitriles is 1. The van der Waals surface area contributed by atoms with Gasteiger partial charge in [-0.2, -0.15) is 5.26 Å². The van der Waals surface area contributed by atoms with Gasteiger partial charge in [-0.05, 0) is 84.3 Å². The monoisotopic (exact) mass is 499 g/mol. The molecule has 6 nitrogen and oxygen atoms in total. The van der Waals surface area contributed by atoms with E-state index < -0.39 is 5.97 Å². The van der Waals surface area contributed by atoms with Gasteiger partial charge in [0.2, 0.25) is 0 Å². The highest BCUT2D eigenvalue weighted by Crippen LogP contribution is 2.23. The third kappa shape index (κ3) is 9.46. The molecule has 0 heterocycles. The molecule has 0 saturated heterocycles. The Kier molecular flexibility index (Phi) is 9.85. The van der Waals surface area contributed by atoms with Gasteiger partial charge in [-0.25, -0.2) is 4.79 Å². The van der Waals surface area contributed by atoms with Crippen LogP contribution in [0.5, 0.6) is 11.5 Å². The first-order chi connectivity index (χ1) is 17.7. The Morgan fingerprint density at radius 3 is 1.95 bits per heavy atom. The molecular weight excluding hydrogens is 466 g/mol. The average molecular weight is 500 g/mol. The summed E-state index contributed by atoms with van der Waals surface area (Å²) in [6, 6.07) is 23.4. The molecule has 0 aliphatic carbocycles.